The van der Waals surface area contributed by atoms with E-state index in [9.17, 15) is 14.4 Å². The Balaban J connectivity index is 1.55. The van der Waals surface area contributed by atoms with E-state index < -0.39 is 5.97 Å². The van der Waals surface area contributed by atoms with Crippen LogP contribution in [0.1, 0.15) is 33.3 Å². The Morgan fingerprint density at radius 1 is 1.09 bits per heavy atom. The van der Waals surface area contributed by atoms with Gasteiger partial charge in [-0.2, -0.15) is 0 Å². The molecule has 2 aromatic carbocycles. The van der Waals surface area contributed by atoms with Gasteiger partial charge in [-0.05, 0) is 43.0 Å². The molecule has 2 aromatic heterocycles. The standard InChI is InChI=1S/C25H23N3O4S/c1-3-32-25(31)22-16(2)21-23(33-22)26-15-28(24(21)30)14-20(29)27-19-12-8-7-11-18(19)13-17-9-5-4-6-10-17/h4-12,15H,3,13-14H2,1-2H3,(H,27,29). The molecule has 33 heavy (non-hydrogen) atoms. The summed E-state index contributed by atoms with van der Waals surface area (Å²) < 4.78 is 6.32. The number of amides is 1. The van der Waals surface area contributed by atoms with E-state index in [1.807, 2.05) is 54.6 Å². The number of nitrogens with zero attached hydrogens (tertiary/aromatic N) is 2. The monoisotopic (exact) mass is 461 g/mol. The molecule has 4 aromatic rings. The zero-order valence-corrected chi connectivity index (χ0v) is 19.1. The van der Waals surface area contributed by atoms with Crippen molar-refractivity contribution in [2.75, 3.05) is 11.9 Å². The summed E-state index contributed by atoms with van der Waals surface area (Å²) in [4.78, 5) is 43.1. The molecule has 0 saturated carbocycles. The maximum atomic E-state index is 13.0. The van der Waals surface area contributed by atoms with Gasteiger partial charge in [0.05, 0.1) is 18.3 Å². The summed E-state index contributed by atoms with van der Waals surface area (Å²) in [6, 6.07) is 17.6. The average molecular weight is 462 g/mol. The number of thiophene rings is 1. The fraction of sp³-hybridized carbons (Fsp3) is 0.200. The Bertz CT molecular complexity index is 1380. The molecule has 0 atom stereocenters. The van der Waals surface area contributed by atoms with Crippen LogP contribution in [0.5, 0.6) is 0 Å². The third kappa shape index (κ3) is 4.85. The van der Waals surface area contributed by atoms with Gasteiger partial charge in [-0.3, -0.25) is 14.2 Å². The first-order valence-corrected chi connectivity index (χ1v) is 11.4. The number of hydrogen-bond acceptors (Lipinski definition) is 6. The van der Waals surface area contributed by atoms with Crippen molar-refractivity contribution in [1.82, 2.24) is 9.55 Å². The SMILES string of the molecule is CCOC(=O)c1sc2ncn(CC(=O)Nc3ccccc3Cc3ccccc3)c(=O)c2c1C. The zero-order chi connectivity index (χ0) is 23.4. The summed E-state index contributed by atoms with van der Waals surface area (Å²) >= 11 is 1.12. The van der Waals surface area contributed by atoms with Crippen LogP contribution >= 0.6 is 11.3 Å². The highest BCUT2D eigenvalue weighted by Crippen LogP contribution is 2.27. The number of ether oxygens (including phenoxy) is 1. The van der Waals surface area contributed by atoms with Gasteiger partial charge >= 0.3 is 5.97 Å². The molecule has 2 heterocycles. The van der Waals surface area contributed by atoms with Crippen LogP contribution < -0.4 is 10.9 Å². The van der Waals surface area contributed by atoms with Crippen molar-refractivity contribution < 1.29 is 14.3 Å². The summed E-state index contributed by atoms with van der Waals surface area (Å²) in [7, 11) is 0. The molecular formula is C25H23N3O4S. The van der Waals surface area contributed by atoms with Crippen LogP contribution in [0.4, 0.5) is 5.69 Å². The van der Waals surface area contributed by atoms with E-state index >= 15 is 0 Å². The Kier molecular flexibility index (Phi) is 6.65. The second-order valence-corrected chi connectivity index (χ2v) is 8.50. The number of carbonyl (C=O) groups is 2. The summed E-state index contributed by atoms with van der Waals surface area (Å²) in [5.74, 6) is -0.811. The molecule has 4 rings (SSSR count). The fourth-order valence-electron chi connectivity index (χ4n) is 3.62. The largest absolute Gasteiger partial charge is 0.462 e. The Labute approximate surface area is 194 Å². The third-order valence-electron chi connectivity index (χ3n) is 5.22. The molecule has 7 nitrogen and oxygen atoms in total. The van der Waals surface area contributed by atoms with Crippen LogP contribution in [-0.4, -0.2) is 28.0 Å². The van der Waals surface area contributed by atoms with Crippen molar-refractivity contribution in [3.63, 3.8) is 0 Å². The topological polar surface area (TPSA) is 90.3 Å². The third-order valence-corrected chi connectivity index (χ3v) is 6.40. The number of para-hydroxylation sites is 1. The number of aryl methyl sites for hydroxylation is 1. The van der Waals surface area contributed by atoms with Gasteiger partial charge in [0.15, 0.2) is 0 Å². The maximum Gasteiger partial charge on any atom is 0.348 e. The number of nitrogens with one attached hydrogen (secondary N) is 1. The highest BCUT2D eigenvalue weighted by atomic mass is 32.1. The van der Waals surface area contributed by atoms with Crippen LogP contribution in [0.3, 0.4) is 0 Å². The number of anilines is 1. The molecule has 0 aliphatic heterocycles. The van der Waals surface area contributed by atoms with Crippen LogP contribution in [0.15, 0.2) is 65.7 Å². The molecule has 0 bridgehead atoms. The predicted octanol–water partition coefficient (Wildman–Crippen LogP) is 4.17. The number of rotatable bonds is 7. The number of carbonyl (C=O) groups excluding carboxylic acids is 2. The highest BCUT2D eigenvalue weighted by Gasteiger charge is 2.21. The maximum absolute atomic E-state index is 13.0. The number of hydrogen-bond donors (Lipinski definition) is 1. The lowest BCUT2D eigenvalue weighted by molar-refractivity contribution is -0.116. The van der Waals surface area contributed by atoms with E-state index in [1.165, 1.54) is 10.9 Å². The second kappa shape index (κ2) is 9.79. The number of esters is 1. The minimum Gasteiger partial charge on any atom is -0.462 e. The Hall–Kier alpha value is -3.78. The van der Waals surface area contributed by atoms with E-state index in [2.05, 4.69) is 10.3 Å². The van der Waals surface area contributed by atoms with Gasteiger partial charge in [0.25, 0.3) is 5.56 Å². The van der Waals surface area contributed by atoms with E-state index in [0.29, 0.717) is 32.8 Å². The number of benzene rings is 2. The molecule has 0 aliphatic carbocycles. The molecule has 168 valence electrons. The van der Waals surface area contributed by atoms with Crippen LogP contribution in [0, 0.1) is 6.92 Å². The summed E-state index contributed by atoms with van der Waals surface area (Å²) in [6.07, 6.45) is 2.01. The van der Waals surface area contributed by atoms with Crippen LogP contribution in [0.2, 0.25) is 0 Å². The van der Waals surface area contributed by atoms with Gasteiger partial charge < -0.3 is 10.1 Å². The van der Waals surface area contributed by atoms with Crippen molar-refractivity contribution in [3.8, 4) is 0 Å². The molecule has 8 heteroatoms. The van der Waals surface area contributed by atoms with Crippen molar-refractivity contribution >= 4 is 39.1 Å². The molecule has 0 radical (unpaired) electrons. The molecule has 0 fully saturated rings. The van der Waals surface area contributed by atoms with Gasteiger partial charge in [0, 0.05) is 5.69 Å². The summed E-state index contributed by atoms with van der Waals surface area (Å²) in [5, 5.41) is 3.25. The number of aromatic nitrogens is 2. The fourth-order valence-corrected chi connectivity index (χ4v) is 4.65. The van der Waals surface area contributed by atoms with Gasteiger partial charge in [0.2, 0.25) is 5.91 Å². The van der Waals surface area contributed by atoms with Gasteiger partial charge in [-0.25, -0.2) is 9.78 Å². The zero-order valence-electron chi connectivity index (χ0n) is 18.3. The normalized spacial score (nSPS) is 10.8. The second-order valence-electron chi connectivity index (χ2n) is 7.50. The first-order chi connectivity index (χ1) is 16.0. The molecule has 1 amide bonds. The lowest BCUT2D eigenvalue weighted by Gasteiger charge is -2.12. The summed E-state index contributed by atoms with van der Waals surface area (Å²) in [5.41, 5.74) is 2.97. The van der Waals surface area contributed by atoms with Crippen molar-refractivity contribution in [1.29, 1.82) is 0 Å². The predicted molar refractivity (Wildman–Crippen MR) is 129 cm³/mol. The van der Waals surface area contributed by atoms with Gasteiger partial charge in [0.1, 0.15) is 16.3 Å². The summed E-state index contributed by atoms with van der Waals surface area (Å²) in [6.45, 7) is 3.47. The minimum absolute atomic E-state index is 0.189. The Morgan fingerprint density at radius 2 is 1.82 bits per heavy atom. The van der Waals surface area contributed by atoms with Gasteiger partial charge in [-0.1, -0.05) is 48.5 Å². The van der Waals surface area contributed by atoms with E-state index in [1.54, 1.807) is 13.8 Å². The number of fused-ring (bicyclic) bond motifs is 1. The van der Waals surface area contributed by atoms with E-state index in [0.717, 1.165) is 22.5 Å². The van der Waals surface area contributed by atoms with E-state index in [-0.39, 0.29) is 24.6 Å². The minimum atomic E-state index is -0.475. The van der Waals surface area contributed by atoms with E-state index in [4.69, 9.17) is 4.74 Å². The first kappa shape index (κ1) is 22.4. The molecule has 0 saturated heterocycles. The molecule has 0 aliphatic rings. The van der Waals surface area contributed by atoms with Crippen LogP contribution in [-0.2, 0) is 22.5 Å². The van der Waals surface area contributed by atoms with Gasteiger partial charge in [-0.15, -0.1) is 11.3 Å². The lowest BCUT2D eigenvalue weighted by atomic mass is 10.0. The molecule has 0 unspecified atom stereocenters. The van der Waals surface area contributed by atoms with Crippen molar-refractivity contribution in [3.05, 3.63) is 92.8 Å². The molecule has 1 N–H and O–H groups in total. The van der Waals surface area contributed by atoms with Crippen molar-refractivity contribution in [2.24, 2.45) is 0 Å². The highest BCUT2D eigenvalue weighted by molar-refractivity contribution is 7.20. The molecular weight excluding hydrogens is 438 g/mol. The molecule has 0 spiro atoms. The Morgan fingerprint density at radius 3 is 2.58 bits per heavy atom. The van der Waals surface area contributed by atoms with Crippen LogP contribution in [0.25, 0.3) is 10.2 Å². The average Bonchev–Trinajstić information content (AvgIpc) is 3.15. The first-order valence-electron chi connectivity index (χ1n) is 10.5. The smallest absolute Gasteiger partial charge is 0.348 e. The lowest BCUT2D eigenvalue weighted by Crippen LogP contribution is -2.28. The van der Waals surface area contributed by atoms with Crippen molar-refractivity contribution in [2.45, 2.75) is 26.8 Å². The quantitative estimate of drug-likeness (QED) is 0.417.